The predicted octanol–water partition coefficient (Wildman–Crippen LogP) is 16.5. The van der Waals surface area contributed by atoms with E-state index in [1.807, 2.05) is 72.9 Å². The van der Waals surface area contributed by atoms with Gasteiger partial charge in [-0.15, -0.1) is 0 Å². The first-order valence-corrected chi connectivity index (χ1v) is 26.9. The van der Waals surface area contributed by atoms with Crippen LogP contribution in [0.3, 0.4) is 0 Å². The lowest BCUT2D eigenvalue weighted by Gasteiger charge is -2.24. The summed E-state index contributed by atoms with van der Waals surface area (Å²) in [5.41, 5.74) is 0. The molecule has 374 valence electrons. The summed E-state index contributed by atoms with van der Waals surface area (Å²) in [5.74, 6) is -0.574. The van der Waals surface area contributed by atoms with Crippen LogP contribution in [0.25, 0.3) is 0 Å². The number of carbonyl (C=O) groups is 2. The van der Waals surface area contributed by atoms with Crippen LogP contribution in [0, 0.1) is 0 Å². The monoisotopic (exact) mass is 914 g/mol. The highest BCUT2D eigenvalue weighted by Gasteiger charge is 2.24. The average molecular weight is 914 g/mol. The number of unbranched alkanes of at least 4 members (excludes halogenated alkanes) is 22. The lowest BCUT2D eigenvalue weighted by Crippen LogP contribution is -2.46. The number of allylic oxidation sites excluding steroid dienone is 20. The van der Waals surface area contributed by atoms with Gasteiger partial charge in [-0.1, -0.05) is 258 Å². The normalized spacial score (nSPS) is 14.2. The standard InChI is InChI=1S/C60H99NO5/c1-4-7-10-13-16-19-22-25-28-30-32-35-38-41-44-47-50-53-60(65)66-56(51-48-45-42-39-36-33-31-29-26-23-20-17-14-11-8-5-2)54-59(64)61-57(55-62)58(63)52-49-46-43-40-37-34-27-24-21-18-15-12-9-6-3/h7,10,13,16-17,19-20,22-23,25-26,28-33,35-36,38,56-58,62-63H,4-6,8-9,11-12,14-15,18,21,24,27,34,37,39-55H2,1-3H3,(H,61,64)/b10-7-,16-13+,20-17+,22-19+,26-23+,28-25-,31-29+,32-30+,36-33+,38-35+. The molecule has 0 fully saturated rings. The number of aliphatic hydroxyl groups excluding tert-OH is 2. The maximum absolute atomic E-state index is 13.2. The molecule has 0 aliphatic rings. The summed E-state index contributed by atoms with van der Waals surface area (Å²) < 4.78 is 5.91. The number of ether oxygens (including phenoxy) is 1. The first-order chi connectivity index (χ1) is 32.5. The minimum Gasteiger partial charge on any atom is -0.462 e. The molecule has 0 heterocycles. The Balaban J connectivity index is 4.79. The van der Waals surface area contributed by atoms with Crippen LogP contribution in [0.5, 0.6) is 0 Å². The number of hydrogen-bond donors (Lipinski definition) is 3. The summed E-state index contributed by atoms with van der Waals surface area (Å²) in [5, 5.41) is 23.8. The Morgan fingerprint density at radius 3 is 1.27 bits per heavy atom. The molecule has 0 aliphatic heterocycles. The molecule has 0 aromatic carbocycles. The Hall–Kier alpha value is -3.74. The van der Waals surface area contributed by atoms with E-state index in [9.17, 15) is 19.8 Å². The van der Waals surface area contributed by atoms with Gasteiger partial charge in [0.2, 0.25) is 5.91 Å². The molecule has 0 spiro atoms. The van der Waals surface area contributed by atoms with Gasteiger partial charge in [0, 0.05) is 6.42 Å². The smallest absolute Gasteiger partial charge is 0.306 e. The number of rotatable bonds is 46. The third-order valence-electron chi connectivity index (χ3n) is 11.5. The van der Waals surface area contributed by atoms with Gasteiger partial charge in [-0.25, -0.2) is 0 Å². The second-order valence-corrected chi connectivity index (χ2v) is 17.8. The van der Waals surface area contributed by atoms with Crippen molar-refractivity contribution in [3.05, 3.63) is 122 Å². The Morgan fingerprint density at radius 2 is 0.818 bits per heavy atom. The Morgan fingerprint density at radius 1 is 0.455 bits per heavy atom. The van der Waals surface area contributed by atoms with Crippen molar-refractivity contribution in [1.29, 1.82) is 0 Å². The SMILES string of the molecule is CC\C=C/C=C/C=C/C=C\C=C\C=C\CCCCCC(=O)OC(CCCCC/C=C/C=C/C=C/C=C/CCCCC)CC(=O)NC(CO)C(O)CCCCCCCCCCCCCCCC. The Labute approximate surface area is 406 Å². The fourth-order valence-electron chi connectivity index (χ4n) is 7.47. The molecular weight excluding hydrogens is 815 g/mol. The fraction of sp³-hybridized carbons (Fsp3) is 0.633. The average Bonchev–Trinajstić information content (AvgIpc) is 3.31. The molecule has 3 atom stereocenters. The first kappa shape index (κ1) is 62.3. The van der Waals surface area contributed by atoms with Gasteiger partial charge in [0.25, 0.3) is 0 Å². The van der Waals surface area contributed by atoms with E-state index >= 15 is 0 Å². The van der Waals surface area contributed by atoms with Crippen molar-refractivity contribution in [3.63, 3.8) is 0 Å². The topological polar surface area (TPSA) is 95.9 Å². The molecule has 0 aromatic rings. The van der Waals surface area contributed by atoms with Crippen LogP contribution >= 0.6 is 0 Å². The van der Waals surface area contributed by atoms with E-state index in [-0.39, 0.29) is 24.9 Å². The molecule has 6 heteroatoms. The van der Waals surface area contributed by atoms with Crippen molar-refractivity contribution < 1.29 is 24.5 Å². The summed E-state index contributed by atoms with van der Waals surface area (Å²) >= 11 is 0. The molecule has 3 N–H and O–H groups in total. The van der Waals surface area contributed by atoms with E-state index < -0.39 is 18.2 Å². The number of esters is 1. The zero-order valence-corrected chi connectivity index (χ0v) is 42.5. The van der Waals surface area contributed by atoms with Crippen LogP contribution in [0.1, 0.15) is 220 Å². The number of aliphatic hydroxyl groups is 2. The molecule has 0 aromatic heterocycles. The third kappa shape index (κ3) is 46.8. The summed E-state index contributed by atoms with van der Waals surface area (Å²) in [7, 11) is 0. The molecule has 0 aliphatic carbocycles. The summed E-state index contributed by atoms with van der Waals surface area (Å²) in [6.07, 6.45) is 72.4. The second kappa shape index (κ2) is 52.2. The van der Waals surface area contributed by atoms with Crippen LogP contribution in [0.4, 0.5) is 0 Å². The molecule has 6 nitrogen and oxygen atoms in total. The molecule has 0 rings (SSSR count). The largest absolute Gasteiger partial charge is 0.462 e. The Kier molecular flexibility index (Phi) is 49.3. The minimum absolute atomic E-state index is 0.0252. The van der Waals surface area contributed by atoms with Crippen molar-refractivity contribution in [2.24, 2.45) is 0 Å². The number of hydrogen-bond acceptors (Lipinski definition) is 5. The number of carbonyl (C=O) groups excluding carboxylic acids is 2. The quantitative estimate of drug-likeness (QED) is 0.0321. The Bertz CT molecular complexity index is 1390. The molecule has 0 bridgehead atoms. The van der Waals surface area contributed by atoms with Gasteiger partial charge in [0.05, 0.1) is 25.2 Å². The van der Waals surface area contributed by atoms with Gasteiger partial charge in [0.1, 0.15) is 6.10 Å². The van der Waals surface area contributed by atoms with Gasteiger partial charge >= 0.3 is 5.97 Å². The van der Waals surface area contributed by atoms with E-state index in [0.29, 0.717) is 19.3 Å². The van der Waals surface area contributed by atoms with Crippen LogP contribution in [0.15, 0.2) is 122 Å². The molecule has 0 radical (unpaired) electrons. The number of nitrogens with one attached hydrogen (secondary N) is 1. The van der Waals surface area contributed by atoms with Crippen molar-refractivity contribution in [1.82, 2.24) is 5.32 Å². The van der Waals surface area contributed by atoms with Crippen molar-refractivity contribution in [3.8, 4) is 0 Å². The molecule has 66 heavy (non-hydrogen) atoms. The maximum atomic E-state index is 13.2. The van der Waals surface area contributed by atoms with E-state index in [0.717, 1.165) is 83.5 Å². The van der Waals surface area contributed by atoms with Crippen LogP contribution in [-0.4, -0.2) is 46.9 Å². The van der Waals surface area contributed by atoms with Gasteiger partial charge in [-0.05, 0) is 70.6 Å². The van der Waals surface area contributed by atoms with E-state index in [4.69, 9.17) is 4.74 Å². The minimum atomic E-state index is -0.815. The van der Waals surface area contributed by atoms with Crippen molar-refractivity contribution in [2.45, 2.75) is 238 Å². The van der Waals surface area contributed by atoms with E-state index in [1.165, 1.54) is 89.9 Å². The van der Waals surface area contributed by atoms with E-state index in [1.54, 1.807) is 0 Å². The molecule has 0 saturated carbocycles. The summed E-state index contributed by atoms with van der Waals surface area (Å²) in [4.78, 5) is 26.2. The van der Waals surface area contributed by atoms with Crippen LogP contribution in [-0.2, 0) is 14.3 Å². The zero-order chi connectivity index (χ0) is 48.1. The second-order valence-electron chi connectivity index (χ2n) is 17.8. The van der Waals surface area contributed by atoms with E-state index in [2.05, 4.69) is 74.7 Å². The summed E-state index contributed by atoms with van der Waals surface area (Å²) in [6.45, 7) is 6.27. The highest BCUT2D eigenvalue weighted by atomic mass is 16.5. The van der Waals surface area contributed by atoms with Gasteiger partial charge in [0.15, 0.2) is 0 Å². The molecular formula is C60H99NO5. The molecule has 0 saturated heterocycles. The lowest BCUT2D eigenvalue weighted by molar-refractivity contribution is -0.151. The third-order valence-corrected chi connectivity index (χ3v) is 11.5. The predicted molar refractivity (Wildman–Crippen MR) is 286 cm³/mol. The zero-order valence-electron chi connectivity index (χ0n) is 42.5. The van der Waals surface area contributed by atoms with Gasteiger partial charge in [-0.3, -0.25) is 9.59 Å². The fourth-order valence-corrected chi connectivity index (χ4v) is 7.47. The highest BCUT2D eigenvalue weighted by Crippen LogP contribution is 2.17. The van der Waals surface area contributed by atoms with Crippen molar-refractivity contribution in [2.75, 3.05) is 6.61 Å². The van der Waals surface area contributed by atoms with Crippen LogP contribution in [0.2, 0.25) is 0 Å². The van der Waals surface area contributed by atoms with Gasteiger partial charge < -0.3 is 20.3 Å². The number of amides is 1. The highest BCUT2D eigenvalue weighted by molar-refractivity contribution is 5.77. The van der Waals surface area contributed by atoms with Crippen LogP contribution < -0.4 is 5.32 Å². The molecule has 1 amide bonds. The van der Waals surface area contributed by atoms with Crippen molar-refractivity contribution >= 4 is 11.9 Å². The lowest BCUT2D eigenvalue weighted by atomic mass is 10.0. The first-order valence-electron chi connectivity index (χ1n) is 26.9. The maximum Gasteiger partial charge on any atom is 0.306 e. The summed E-state index contributed by atoms with van der Waals surface area (Å²) in [6, 6.07) is -0.733. The molecule has 3 unspecified atom stereocenters. The van der Waals surface area contributed by atoms with Gasteiger partial charge in [-0.2, -0.15) is 0 Å².